The van der Waals surface area contributed by atoms with Gasteiger partial charge in [-0.2, -0.15) is 0 Å². The highest BCUT2D eigenvalue weighted by Crippen LogP contribution is 2.25. The van der Waals surface area contributed by atoms with E-state index < -0.39 is 9.84 Å². The fourth-order valence-corrected chi connectivity index (χ4v) is 2.20. The summed E-state index contributed by atoms with van der Waals surface area (Å²) in [6.45, 7) is 5.05. The molecule has 0 fully saturated rings. The van der Waals surface area contributed by atoms with Crippen molar-refractivity contribution in [3.63, 3.8) is 0 Å². The van der Waals surface area contributed by atoms with Crippen LogP contribution >= 0.6 is 11.6 Å². The third kappa shape index (κ3) is 4.56. The van der Waals surface area contributed by atoms with Gasteiger partial charge in [-0.15, -0.1) is 0 Å². The highest BCUT2D eigenvalue weighted by molar-refractivity contribution is 7.90. The van der Waals surface area contributed by atoms with Crippen molar-refractivity contribution in [3.05, 3.63) is 23.2 Å². The maximum Gasteiger partial charge on any atom is 0.175 e. The van der Waals surface area contributed by atoms with E-state index in [1.807, 2.05) is 0 Å². The van der Waals surface area contributed by atoms with Gasteiger partial charge in [0.2, 0.25) is 0 Å². The molecule has 0 heterocycles. The van der Waals surface area contributed by atoms with Crippen molar-refractivity contribution in [2.24, 2.45) is 5.92 Å². The average Bonchev–Trinajstić information content (AvgIpc) is 2.18. The van der Waals surface area contributed by atoms with Gasteiger partial charge in [-0.05, 0) is 30.5 Å². The van der Waals surface area contributed by atoms with Crippen molar-refractivity contribution < 1.29 is 8.42 Å². The van der Waals surface area contributed by atoms with Crippen molar-refractivity contribution in [2.75, 3.05) is 18.1 Å². The number of sulfone groups is 1. The average molecular weight is 276 g/mol. The fourth-order valence-electron chi connectivity index (χ4n) is 1.37. The van der Waals surface area contributed by atoms with Crippen LogP contribution in [0, 0.1) is 5.92 Å². The molecule has 0 bridgehead atoms. The van der Waals surface area contributed by atoms with E-state index in [0.29, 0.717) is 16.6 Å². The van der Waals surface area contributed by atoms with Crippen LogP contribution in [0.4, 0.5) is 5.69 Å². The van der Waals surface area contributed by atoms with Gasteiger partial charge in [0.15, 0.2) is 9.84 Å². The summed E-state index contributed by atoms with van der Waals surface area (Å²) in [6.07, 6.45) is 2.20. The Labute approximate surface area is 108 Å². The van der Waals surface area contributed by atoms with Gasteiger partial charge in [0.25, 0.3) is 0 Å². The molecule has 3 nitrogen and oxygen atoms in total. The van der Waals surface area contributed by atoms with Crippen molar-refractivity contribution in [2.45, 2.75) is 25.2 Å². The number of anilines is 1. The Morgan fingerprint density at radius 3 is 2.53 bits per heavy atom. The molecule has 0 aromatic heterocycles. The maximum absolute atomic E-state index is 11.4. The van der Waals surface area contributed by atoms with Gasteiger partial charge in [-0.25, -0.2) is 8.42 Å². The van der Waals surface area contributed by atoms with Crippen molar-refractivity contribution >= 4 is 27.1 Å². The molecule has 0 unspecified atom stereocenters. The molecule has 0 atom stereocenters. The molecule has 5 heteroatoms. The predicted octanol–water partition coefficient (Wildman–Crippen LogP) is 3.20. The summed E-state index contributed by atoms with van der Waals surface area (Å²) in [6, 6.07) is 4.71. The molecule has 0 spiro atoms. The lowest BCUT2D eigenvalue weighted by atomic mass is 10.1. The largest absolute Gasteiger partial charge is 0.384 e. The number of rotatable bonds is 5. The van der Waals surface area contributed by atoms with Crippen LogP contribution in [0.5, 0.6) is 0 Å². The molecule has 0 saturated carbocycles. The highest BCUT2D eigenvalue weighted by Gasteiger charge is 2.09. The number of nitrogens with one attached hydrogen (secondary N) is 1. The normalized spacial score (nSPS) is 11.8. The van der Waals surface area contributed by atoms with E-state index in [1.54, 1.807) is 12.1 Å². The first kappa shape index (κ1) is 14.3. The predicted molar refractivity (Wildman–Crippen MR) is 72.5 cm³/mol. The standard InChI is InChI=1S/C12H18ClNO2S/c1-9(2)6-7-14-12-8-10(17(3,15)16)4-5-11(12)13/h4-5,8-9,14H,6-7H2,1-3H3. The Morgan fingerprint density at radius 2 is 2.00 bits per heavy atom. The maximum atomic E-state index is 11.4. The van der Waals surface area contributed by atoms with Gasteiger partial charge in [0, 0.05) is 12.8 Å². The summed E-state index contributed by atoms with van der Waals surface area (Å²) in [5.41, 5.74) is 0.676. The molecule has 0 aliphatic heterocycles. The molecule has 0 amide bonds. The van der Waals surface area contributed by atoms with Crippen LogP contribution in [0.15, 0.2) is 23.1 Å². The molecule has 1 aromatic carbocycles. The Hall–Kier alpha value is -0.740. The number of hydrogen-bond acceptors (Lipinski definition) is 3. The monoisotopic (exact) mass is 275 g/mol. The highest BCUT2D eigenvalue weighted by atomic mass is 35.5. The SMILES string of the molecule is CC(C)CCNc1cc(S(C)(=O)=O)ccc1Cl. The first-order valence-electron chi connectivity index (χ1n) is 5.54. The molecule has 1 N–H and O–H groups in total. The number of halogens is 1. The second kappa shape index (κ2) is 5.74. The minimum atomic E-state index is -3.18. The van der Waals surface area contributed by atoms with Gasteiger partial charge in [0.05, 0.1) is 15.6 Å². The zero-order valence-corrected chi connectivity index (χ0v) is 11.9. The molecule has 0 radical (unpaired) electrons. The van der Waals surface area contributed by atoms with Crippen LogP contribution in [0.1, 0.15) is 20.3 Å². The molecular formula is C12H18ClNO2S. The Balaban J connectivity index is 2.84. The van der Waals surface area contributed by atoms with E-state index >= 15 is 0 Å². The topological polar surface area (TPSA) is 46.2 Å². The summed E-state index contributed by atoms with van der Waals surface area (Å²) in [7, 11) is -3.18. The van der Waals surface area contributed by atoms with Crippen LogP contribution in [0.3, 0.4) is 0 Å². The van der Waals surface area contributed by atoms with Gasteiger partial charge in [-0.1, -0.05) is 25.4 Å². The van der Waals surface area contributed by atoms with Crippen molar-refractivity contribution in [3.8, 4) is 0 Å². The molecule has 0 saturated heterocycles. The van der Waals surface area contributed by atoms with Gasteiger partial charge >= 0.3 is 0 Å². The van der Waals surface area contributed by atoms with E-state index in [0.717, 1.165) is 13.0 Å². The summed E-state index contributed by atoms with van der Waals surface area (Å²) >= 11 is 6.00. The van der Waals surface area contributed by atoms with Crippen LogP contribution in [-0.2, 0) is 9.84 Å². The van der Waals surface area contributed by atoms with E-state index in [-0.39, 0.29) is 4.90 Å². The van der Waals surface area contributed by atoms with Crippen molar-refractivity contribution in [1.82, 2.24) is 0 Å². The van der Waals surface area contributed by atoms with Crippen LogP contribution < -0.4 is 5.32 Å². The van der Waals surface area contributed by atoms with E-state index in [9.17, 15) is 8.42 Å². The first-order valence-corrected chi connectivity index (χ1v) is 7.81. The van der Waals surface area contributed by atoms with E-state index in [4.69, 9.17) is 11.6 Å². The van der Waals surface area contributed by atoms with E-state index in [1.165, 1.54) is 12.3 Å². The second-order valence-corrected chi connectivity index (χ2v) is 6.95. The summed E-state index contributed by atoms with van der Waals surface area (Å²) in [5.74, 6) is 0.597. The zero-order chi connectivity index (χ0) is 13.1. The lowest BCUT2D eigenvalue weighted by molar-refractivity contribution is 0.601. The third-order valence-electron chi connectivity index (χ3n) is 2.40. The summed E-state index contributed by atoms with van der Waals surface area (Å²) in [4.78, 5) is 0.286. The molecule has 1 rings (SSSR count). The fraction of sp³-hybridized carbons (Fsp3) is 0.500. The summed E-state index contributed by atoms with van der Waals surface area (Å²) in [5, 5.41) is 3.70. The van der Waals surface area contributed by atoms with Crippen molar-refractivity contribution in [1.29, 1.82) is 0 Å². The minimum absolute atomic E-state index is 0.286. The molecule has 0 aliphatic carbocycles. The third-order valence-corrected chi connectivity index (χ3v) is 3.84. The smallest absolute Gasteiger partial charge is 0.175 e. The van der Waals surface area contributed by atoms with Crippen LogP contribution in [0.25, 0.3) is 0 Å². The second-order valence-electron chi connectivity index (χ2n) is 4.52. The molecule has 0 aliphatic rings. The molecule has 17 heavy (non-hydrogen) atoms. The molecule has 96 valence electrons. The molecule has 1 aromatic rings. The first-order chi connectivity index (χ1) is 7.80. The minimum Gasteiger partial charge on any atom is -0.384 e. The summed E-state index contributed by atoms with van der Waals surface area (Å²) < 4.78 is 22.8. The molecular weight excluding hydrogens is 258 g/mol. The van der Waals surface area contributed by atoms with E-state index in [2.05, 4.69) is 19.2 Å². The Kier molecular flexibility index (Phi) is 4.83. The van der Waals surface area contributed by atoms with Gasteiger partial charge in [-0.3, -0.25) is 0 Å². The Morgan fingerprint density at radius 1 is 1.35 bits per heavy atom. The number of hydrogen-bond donors (Lipinski definition) is 1. The quantitative estimate of drug-likeness (QED) is 0.898. The van der Waals surface area contributed by atoms with Gasteiger partial charge in [0.1, 0.15) is 0 Å². The van der Waals surface area contributed by atoms with Gasteiger partial charge < -0.3 is 5.32 Å². The zero-order valence-electron chi connectivity index (χ0n) is 10.3. The Bertz CT molecular complexity index is 483. The lowest BCUT2D eigenvalue weighted by Crippen LogP contribution is -2.06. The number of benzene rings is 1. The van der Waals surface area contributed by atoms with Crippen LogP contribution in [-0.4, -0.2) is 21.2 Å². The lowest BCUT2D eigenvalue weighted by Gasteiger charge is -2.11. The van der Waals surface area contributed by atoms with Crippen LogP contribution in [0.2, 0.25) is 5.02 Å².